The van der Waals surface area contributed by atoms with Gasteiger partial charge < -0.3 is 4.74 Å². The zero-order valence-corrected chi connectivity index (χ0v) is 19.2. The zero-order chi connectivity index (χ0) is 26.2. The minimum atomic E-state index is -2.00. The Balaban J connectivity index is 1.57. The number of amides is 2. The predicted molar refractivity (Wildman–Crippen MR) is 126 cm³/mol. The first-order chi connectivity index (χ1) is 17.7. The molecule has 1 fully saturated rings. The highest BCUT2D eigenvalue weighted by atomic mass is 16.6. The molecule has 11 nitrogen and oxygen atoms in total. The third-order valence-electron chi connectivity index (χ3n) is 7.51. The van der Waals surface area contributed by atoms with Gasteiger partial charge in [0.2, 0.25) is 17.6 Å². The van der Waals surface area contributed by atoms with E-state index in [1.807, 2.05) is 0 Å². The van der Waals surface area contributed by atoms with Crippen LogP contribution in [0.2, 0.25) is 0 Å². The molecule has 1 heterocycles. The van der Waals surface area contributed by atoms with E-state index in [9.17, 15) is 34.6 Å². The largest absolute Gasteiger partial charge is 0.419 e. The summed E-state index contributed by atoms with van der Waals surface area (Å²) in [6, 6.07) is 16.9. The fourth-order valence-electron chi connectivity index (χ4n) is 6.33. The number of ether oxygens (including phenoxy) is 1. The van der Waals surface area contributed by atoms with Gasteiger partial charge in [-0.3, -0.25) is 34.6 Å². The minimum Gasteiger partial charge on any atom is -0.419 e. The quantitative estimate of drug-likeness (QED) is 0.174. The topological polar surface area (TPSA) is 150 Å². The van der Waals surface area contributed by atoms with Crippen LogP contribution in [0.5, 0.6) is 5.75 Å². The number of benzene rings is 3. The first-order valence-corrected chi connectivity index (χ1v) is 11.4. The Morgan fingerprint density at radius 3 is 2.05 bits per heavy atom. The molecule has 0 radical (unpaired) electrons. The van der Waals surface area contributed by atoms with Gasteiger partial charge in [-0.1, -0.05) is 48.5 Å². The Morgan fingerprint density at radius 1 is 0.919 bits per heavy atom. The maximum atomic E-state index is 14.0. The van der Waals surface area contributed by atoms with Crippen molar-refractivity contribution in [3.05, 3.63) is 109 Å². The molecule has 0 aromatic heterocycles. The molecule has 0 saturated carbocycles. The molecule has 2 atom stereocenters. The molecular formula is C26H17N3O8. The zero-order valence-electron chi connectivity index (χ0n) is 19.2. The summed E-state index contributed by atoms with van der Waals surface area (Å²) in [4.78, 5) is 63.4. The van der Waals surface area contributed by atoms with Gasteiger partial charge in [-0.05, 0) is 23.3 Å². The monoisotopic (exact) mass is 499 g/mol. The van der Waals surface area contributed by atoms with Gasteiger partial charge in [-0.2, -0.15) is 0 Å². The summed E-state index contributed by atoms with van der Waals surface area (Å²) in [7, 11) is 0. The van der Waals surface area contributed by atoms with Crippen LogP contribution >= 0.6 is 0 Å². The standard InChI is InChI=1S/C26H17N3O8/c1-13(30)37-20-11-10-14(12-19(20)28(33)34)27-24(31)22-21-15-6-2-4-8-17(15)26(29(35)36,23(22)25(27)32)18-9-5-3-7-16(18)21/h2-12,21-23H,1H3/t21?,22-,23+,26?/m1/s1. The predicted octanol–water partition coefficient (Wildman–Crippen LogP) is 3.31. The van der Waals surface area contributed by atoms with Gasteiger partial charge in [0.25, 0.3) is 5.54 Å². The van der Waals surface area contributed by atoms with Crippen LogP contribution in [0.3, 0.4) is 0 Å². The molecule has 0 N–H and O–H groups in total. The van der Waals surface area contributed by atoms with E-state index in [1.165, 1.54) is 6.07 Å². The molecule has 3 aromatic carbocycles. The molecule has 184 valence electrons. The molecule has 1 saturated heterocycles. The Hall–Kier alpha value is -4.93. The van der Waals surface area contributed by atoms with Gasteiger partial charge in [0.1, 0.15) is 5.92 Å². The third kappa shape index (κ3) is 2.73. The lowest BCUT2D eigenvalue weighted by Crippen LogP contribution is -2.57. The van der Waals surface area contributed by atoms with Crippen LogP contribution in [0, 0.1) is 32.1 Å². The first-order valence-electron chi connectivity index (χ1n) is 11.4. The number of nitrogens with zero attached hydrogens (tertiary/aromatic N) is 3. The van der Waals surface area contributed by atoms with Gasteiger partial charge in [-0.15, -0.1) is 0 Å². The van der Waals surface area contributed by atoms with Gasteiger partial charge in [-0.25, -0.2) is 4.90 Å². The van der Waals surface area contributed by atoms with E-state index >= 15 is 0 Å². The molecule has 4 aliphatic rings. The lowest BCUT2D eigenvalue weighted by molar-refractivity contribution is -0.578. The molecular weight excluding hydrogens is 482 g/mol. The number of rotatable bonds is 4. The van der Waals surface area contributed by atoms with E-state index < -0.39 is 56.6 Å². The van der Waals surface area contributed by atoms with Crippen molar-refractivity contribution in [1.29, 1.82) is 0 Å². The molecule has 3 aliphatic carbocycles. The number of hydrogen-bond acceptors (Lipinski definition) is 8. The normalized spacial score (nSPS) is 24.8. The maximum Gasteiger partial charge on any atom is 0.313 e. The minimum absolute atomic E-state index is 0.127. The smallest absolute Gasteiger partial charge is 0.313 e. The molecule has 1 aliphatic heterocycles. The van der Waals surface area contributed by atoms with Crippen molar-refractivity contribution in [3.63, 3.8) is 0 Å². The number of hydrogen-bond donors (Lipinski definition) is 0. The van der Waals surface area contributed by atoms with Crippen LogP contribution in [0.25, 0.3) is 0 Å². The SMILES string of the molecule is CC(=O)Oc1ccc(N2C(=O)[C@@H]3C4c5ccccc5C([N+](=O)[O-])(c5ccccc54)[C@@H]3C2=O)cc1[N+](=O)[O-]. The Kier molecular flexibility index (Phi) is 4.59. The number of carbonyl (C=O) groups is 3. The van der Waals surface area contributed by atoms with E-state index in [2.05, 4.69) is 0 Å². The summed E-state index contributed by atoms with van der Waals surface area (Å²) in [5, 5.41) is 24.6. The van der Waals surface area contributed by atoms with Crippen molar-refractivity contribution < 1.29 is 29.0 Å². The third-order valence-corrected chi connectivity index (χ3v) is 7.51. The maximum absolute atomic E-state index is 14.0. The lowest BCUT2D eigenvalue weighted by Gasteiger charge is -2.48. The number of nitro benzene ring substituents is 1. The average molecular weight is 499 g/mol. The second-order valence-electron chi connectivity index (χ2n) is 9.19. The van der Waals surface area contributed by atoms with E-state index in [0.717, 1.165) is 24.0 Å². The summed E-state index contributed by atoms with van der Waals surface area (Å²) < 4.78 is 4.89. The summed E-state index contributed by atoms with van der Waals surface area (Å²) >= 11 is 0. The summed E-state index contributed by atoms with van der Waals surface area (Å²) in [5.41, 5.74) is -0.804. The van der Waals surface area contributed by atoms with Crippen LogP contribution in [0.4, 0.5) is 11.4 Å². The number of imide groups is 1. The molecule has 2 bridgehead atoms. The number of carbonyl (C=O) groups excluding carboxylic acids is 3. The van der Waals surface area contributed by atoms with Crippen molar-refractivity contribution in [2.75, 3.05) is 4.90 Å². The molecule has 2 amide bonds. The highest BCUT2D eigenvalue weighted by Gasteiger charge is 2.74. The molecule has 0 unspecified atom stereocenters. The molecule has 0 spiro atoms. The Labute approximate surface area is 208 Å². The number of anilines is 1. The lowest BCUT2D eigenvalue weighted by atomic mass is 9.51. The highest BCUT2D eigenvalue weighted by Crippen LogP contribution is 2.64. The van der Waals surface area contributed by atoms with E-state index in [0.29, 0.717) is 22.3 Å². The van der Waals surface area contributed by atoms with Crippen LogP contribution in [-0.2, 0) is 19.9 Å². The van der Waals surface area contributed by atoms with Crippen molar-refractivity contribution in [2.24, 2.45) is 11.8 Å². The Morgan fingerprint density at radius 2 is 1.51 bits per heavy atom. The first kappa shape index (κ1) is 22.5. The Bertz CT molecular complexity index is 1530. The number of esters is 1. The fraction of sp³-hybridized carbons (Fsp3) is 0.192. The molecule has 7 rings (SSSR count). The summed E-state index contributed by atoms with van der Waals surface area (Å²) in [6.45, 7) is 1.08. The fourth-order valence-corrected chi connectivity index (χ4v) is 6.33. The summed E-state index contributed by atoms with van der Waals surface area (Å²) in [5.74, 6) is -5.64. The second kappa shape index (κ2) is 7.53. The average Bonchev–Trinajstić information content (AvgIpc) is 3.14. The summed E-state index contributed by atoms with van der Waals surface area (Å²) in [6.07, 6.45) is 0. The van der Waals surface area contributed by atoms with Gasteiger partial charge in [0.05, 0.1) is 16.5 Å². The second-order valence-corrected chi connectivity index (χ2v) is 9.19. The van der Waals surface area contributed by atoms with E-state index in [4.69, 9.17) is 4.74 Å². The number of nitro groups is 2. The highest BCUT2D eigenvalue weighted by molar-refractivity contribution is 6.23. The molecule has 11 heteroatoms. The van der Waals surface area contributed by atoms with Crippen LogP contribution < -0.4 is 9.64 Å². The van der Waals surface area contributed by atoms with Crippen molar-refractivity contribution >= 4 is 29.2 Å². The van der Waals surface area contributed by atoms with Gasteiger partial charge >= 0.3 is 11.7 Å². The van der Waals surface area contributed by atoms with E-state index in [-0.39, 0.29) is 11.4 Å². The van der Waals surface area contributed by atoms with Crippen molar-refractivity contribution in [3.8, 4) is 5.75 Å². The van der Waals surface area contributed by atoms with Gasteiger partial charge in [0, 0.05) is 35.0 Å². The van der Waals surface area contributed by atoms with Crippen LogP contribution in [0.15, 0.2) is 66.7 Å². The van der Waals surface area contributed by atoms with Crippen molar-refractivity contribution in [2.45, 2.75) is 18.4 Å². The van der Waals surface area contributed by atoms with E-state index in [1.54, 1.807) is 48.5 Å². The van der Waals surface area contributed by atoms with Crippen LogP contribution in [-0.4, -0.2) is 27.6 Å². The van der Waals surface area contributed by atoms with Crippen molar-refractivity contribution in [1.82, 2.24) is 0 Å². The molecule has 37 heavy (non-hydrogen) atoms. The van der Waals surface area contributed by atoms with Crippen LogP contribution in [0.1, 0.15) is 35.1 Å². The van der Waals surface area contributed by atoms with Gasteiger partial charge in [0.15, 0.2) is 0 Å². The molecule has 3 aromatic rings.